The molecule has 6 heteroatoms. The molecule has 0 amide bonds. The van der Waals surface area contributed by atoms with Gasteiger partial charge < -0.3 is 24.6 Å². The average Bonchev–Trinajstić information content (AvgIpc) is 2.90. The number of rotatable bonds is 1. The zero-order valence-electron chi connectivity index (χ0n) is 13.9. The van der Waals surface area contributed by atoms with E-state index in [1.165, 1.54) is 5.56 Å². The molecule has 2 fully saturated rings. The maximum atomic E-state index is 11.9. The molecule has 1 aromatic carbocycles. The van der Waals surface area contributed by atoms with Crippen LogP contribution in [0, 0.1) is 0 Å². The summed E-state index contributed by atoms with van der Waals surface area (Å²) in [6.45, 7) is 0.896. The number of aliphatic hydroxyl groups excluding tert-OH is 1. The fourth-order valence-corrected chi connectivity index (χ4v) is 6.48. The van der Waals surface area contributed by atoms with Gasteiger partial charge in [-0.3, -0.25) is 0 Å². The van der Waals surface area contributed by atoms with Gasteiger partial charge in [-0.25, -0.2) is 0 Å². The van der Waals surface area contributed by atoms with E-state index < -0.39 is 23.2 Å². The highest BCUT2D eigenvalue weighted by atomic mass is 79.9. The van der Waals surface area contributed by atoms with Crippen LogP contribution >= 0.6 is 15.9 Å². The van der Waals surface area contributed by atoms with Crippen LogP contribution in [0.25, 0.3) is 0 Å². The van der Waals surface area contributed by atoms with Gasteiger partial charge in [0.1, 0.15) is 6.10 Å². The molecule has 24 heavy (non-hydrogen) atoms. The number of aliphatic hydroxyl groups is 2. The molecule has 1 saturated heterocycles. The molecule has 1 spiro atoms. The van der Waals surface area contributed by atoms with Crippen molar-refractivity contribution in [1.29, 1.82) is 0 Å². The van der Waals surface area contributed by atoms with Crippen molar-refractivity contribution in [2.75, 3.05) is 20.7 Å². The summed E-state index contributed by atoms with van der Waals surface area (Å²) in [5, 5.41) is 22.6. The van der Waals surface area contributed by atoms with E-state index in [4.69, 9.17) is 9.47 Å². The first kappa shape index (κ1) is 15.4. The highest BCUT2D eigenvalue weighted by Gasteiger charge is 2.72. The van der Waals surface area contributed by atoms with E-state index in [0.717, 1.165) is 35.2 Å². The van der Waals surface area contributed by atoms with Crippen LogP contribution < -0.4 is 9.47 Å². The van der Waals surface area contributed by atoms with Crippen LogP contribution in [0.15, 0.2) is 10.5 Å². The van der Waals surface area contributed by atoms with Gasteiger partial charge in [-0.2, -0.15) is 0 Å². The van der Waals surface area contributed by atoms with E-state index >= 15 is 0 Å². The number of piperidine rings is 1. The van der Waals surface area contributed by atoms with E-state index in [1.54, 1.807) is 7.11 Å². The number of ether oxygens (including phenoxy) is 2. The predicted molar refractivity (Wildman–Crippen MR) is 91.7 cm³/mol. The third kappa shape index (κ3) is 1.49. The Morgan fingerprint density at radius 2 is 2.21 bits per heavy atom. The molecular formula is C18H22BrNO4. The number of methoxy groups -OCH3 is 1. The summed E-state index contributed by atoms with van der Waals surface area (Å²) in [6, 6.07) is 2.00. The Labute approximate surface area is 149 Å². The average molecular weight is 396 g/mol. The summed E-state index contributed by atoms with van der Waals surface area (Å²) in [7, 11) is 3.73. The van der Waals surface area contributed by atoms with Crippen molar-refractivity contribution in [3.8, 4) is 11.5 Å². The van der Waals surface area contributed by atoms with Gasteiger partial charge in [0.2, 0.25) is 0 Å². The van der Waals surface area contributed by atoms with Crippen LogP contribution in [-0.2, 0) is 11.8 Å². The monoisotopic (exact) mass is 395 g/mol. The summed E-state index contributed by atoms with van der Waals surface area (Å²) >= 11 is 3.70. The quantitative estimate of drug-likeness (QED) is 0.755. The lowest BCUT2D eigenvalue weighted by Gasteiger charge is -2.63. The van der Waals surface area contributed by atoms with Gasteiger partial charge >= 0.3 is 0 Å². The third-order valence-electron chi connectivity index (χ3n) is 6.98. The summed E-state index contributed by atoms with van der Waals surface area (Å²) in [5.74, 6) is 1.40. The molecule has 2 bridgehead atoms. The Morgan fingerprint density at radius 1 is 1.42 bits per heavy atom. The van der Waals surface area contributed by atoms with Gasteiger partial charge in [-0.15, -0.1) is 0 Å². The molecule has 5 atom stereocenters. The van der Waals surface area contributed by atoms with Gasteiger partial charge in [0.15, 0.2) is 11.5 Å². The van der Waals surface area contributed by atoms with Crippen molar-refractivity contribution in [1.82, 2.24) is 4.90 Å². The molecule has 0 radical (unpaired) electrons. The molecule has 5 rings (SSSR count). The van der Waals surface area contributed by atoms with E-state index in [2.05, 4.69) is 27.9 Å². The van der Waals surface area contributed by atoms with E-state index in [0.29, 0.717) is 18.6 Å². The Bertz CT molecular complexity index is 740. The van der Waals surface area contributed by atoms with Crippen LogP contribution in [0.3, 0.4) is 0 Å². The number of nitrogens with zero attached hydrogens (tertiary/aromatic N) is 1. The van der Waals surface area contributed by atoms with Crippen molar-refractivity contribution >= 4 is 15.9 Å². The second-order valence-electron chi connectivity index (χ2n) is 7.73. The Hall–Kier alpha value is -0.820. The third-order valence-corrected chi connectivity index (χ3v) is 7.69. The van der Waals surface area contributed by atoms with Gasteiger partial charge in [-0.1, -0.05) is 15.9 Å². The van der Waals surface area contributed by atoms with Crippen molar-refractivity contribution < 1.29 is 19.7 Å². The predicted octanol–water partition coefficient (Wildman–Crippen LogP) is 1.60. The smallest absolute Gasteiger partial charge is 0.166 e. The summed E-state index contributed by atoms with van der Waals surface area (Å²) < 4.78 is 12.9. The van der Waals surface area contributed by atoms with Crippen LogP contribution in [-0.4, -0.2) is 59.7 Å². The molecule has 0 unspecified atom stereocenters. The number of hydrogen-bond donors (Lipinski definition) is 2. The van der Waals surface area contributed by atoms with Gasteiger partial charge in [0.05, 0.1) is 24.2 Å². The highest BCUT2D eigenvalue weighted by Crippen LogP contribution is 2.66. The molecule has 4 aliphatic rings. The maximum Gasteiger partial charge on any atom is 0.166 e. The van der Waals surface area contributed by atoms with E-state index in [-0.39, 0.29) is 6.04 Å². The Morgan fingerprint density at radius 3 is 2.96 bits per heavy atom. The topological polar surface area (TPSA) is 62.2 Å². The number of benzene rings is 1. The largest absolute Gasteiger partial charge is 0.493 e. The van der Waals surface area contributed by atoms with Crippen LogP contribution in [0.5, 0.6) is 11.5 Å². The van der Waals surface area contributed by atoms with Gasteiger partial charge in [-0.05, 0) is 50.9 Å². The number of halogens is 1. The molecule has 2 aliphatic heterocycles. The second kappa shape index (κ2) is 4.67. The summed E-state index contributed by atoms with van der Waals surface area (Å²) in [4.78, 5) is 2.28. The number of likely N-dealkylation sites (tertiary alicyclic amines) is 1. The van der Waals surface area contributed by atoms with Crippen molar-refractivity contribution in [3.63, 3.8) is 0 Å². The minimum Gasteiger partial charge on any atom is -0.493 e. The lowest BCUT2D eigenvalue weighted by Crippen LogP contribution is -2.76. The van der Waals surface area contributed by atoms with Crippen LogP contribution in [0.2, 0.25) is 0 Å². The molecule has 2 heterocycles. The van der Waals surface area contributed by atoms with Crippen molar-refractivity contribution in [2.24, 2.45) is 0 Å². The Kier molecular flexibility index (Phi) is 3.00. The zero-order valence-corrected chi connectivity index (χ0v) is 15.5. The molecule has 0 aromatic heterocycles. The second-order valence-corrected chi connectivity index (χ2v) is 8.59. The molecule has 2 N–H and O–H groups in total. The first-order valence-electron chi connectivity index (χ1n) is 8.61. The molecule has 2 aliphatic carbocycles. The maximum absolute atomic E-state index is 11.9. The zero-order chi connectivity index (χ0) is 16.9. The lowest BCUT2D eigenvalue weighted by atomic mass is 9.49. The van der Waals surface area contributed by atoms with Crippen LogP contribution in [0.4, 0.5) is 0 Å². The first-order chi connectivity index (χ1) is 11.4. The Balaban J connectivity index is 1.87. The van der Waals surface area contributed by atoms with Crippen LogP contribution in [0.1, 0.15) is 30.4 Å². The van der Waals surface area contributed by atoms with Gasteiger partial charge in [0, 0.05) is 16.1 Å². The summed E-state index contributed by atoms with van der Waals surface area (Å²) in [6.07, 6.45) is 1.79. The first-order valence-corrected chi connectivity index (χ1v) is 9.40. The lowest BCUT2D eigenvalue weighted by molar-refractivity contribution is -0.204. The molecular weight excluding hydrogens is 374 g/mol. The highest BCUT2D eigenvalue weighted by molar-refractivity contribution is 9.10. The van der Waals surface area contributed by atoms with Gasteiger partial charge in [0.25, 0.3) is 0 Å². The SMILES string of the molecule is COc1cc(Br)c2c3c1O[C@H]1[C@@H](O)CC[C@@]4(O)[C@@H](C2)N(C)CC[C@]314. The fourth-order valence-electron chi connectivity index (χ4n) is 5.91. The van der Waals surface area contributed by atoms with Crippen molar-refractivity contribution in [2.45, 2.75) is 54.9 Å². The standard InChI is InChI=1S/C18H22BrNO4/c1-20-6-5-17-14-9-7-13(20)18(17,22)4-3-11(21)16(17)24-15(14)12(23-2)8-10(9)19/h8,11,13,16,21-22H,3-7H2,1-2H3/t11-,13+,16-,17-,18+/m0/s1. The molecule has 130 valence electrons. The number of likely N-dealkylation sites (N-methyl/N-ethyl adjacent to an activating group) is 1. The molecule has 5 nitrogen and oxygen atoms in total. The summed E-state index contributed by atoms with van der Waals surface area (Å²) in [5.41, 5.74) is 0.864. The molecule has 1 saturated carbocycles. The minimum atomic E-state index is -0.867. The van der Waals surface area contributed by atoms with E-state index in [9.17, 15) is 10.2 Å². The molecule has 1 aromatic rings. The minimum absolute atomic E-state index is 0.0491. The normalized spacial score (nSPS) is 42.5. The van der Waals surface area contributed by atoms with E-state index in [1.807, 2.05) is 6.07 Å². The number of hydrogen-bond acceptors (Lipinski definition) is 5. The fraction of sp³-hybridized carbons (Fsp3) is 0.667. The van der Waals surface area contributed by atoms with Crippen molar-refractivity contribution in [3.05, 3.63) is 21.7 Å².